The second kappa shape index (κ2) is 5.70. The van der Waals surface area contributed by atoms with Crippen molar-refractivity contribution < 1.29 is 28.8 Å². The molecule has 6 atom stereocenters. The van der Waals surface area contributed by atoms with Gasteiger partial charge in [-0.25, -0.2) is 0 Å². The highest BCUT2D eigenvalue weighted by Gasteiger charge is 2.79. The highest BCUT2D eigenvalue weighted by atomic mass is 16.8. The van der Waals surface area contributed by atoms with E-state index in [0.29, 0.717) is 25.0 Å². The van der Waals surface area contributed by atoms with Crippen molar-refractivity contribution in [3.05, 3.63) is 11.1 Å². The van der Waals surface area contributed by atoms with Crippen molar-refractivity contribution in [2.45, 2.75) is 94.1 Å². The molecule has 6 heteroatoms. The summed E-state index contributed by atoms with van der Waals surface area (Å²) in [6.07, 6.45) is 8.02. The van der Waals surface area contributed by atoms with E-state index in [9.17, 15) is 5.11 Å². The van der Waals surface area contributed by atoms with E-state index in [1.165, 1.54) is 5.57 Å². The molecule has 7 rings (SSSR count). The molecule has 166 valence electrons. The molecule has 2 saturated carbocycles. The Kier molecular flexibility index (Phi) is 3.61. The zero-order valence-electron chi connectivity index (χ0n) is 18.2. The minimum Gasteiger partial charge on any atom is -0.384 e. The first-order chi connectivity index (χ1) is 14.4. The minimum atomic E-state index is -0.962. The Hall–Kier alpha value is -0.500. The highest BCUT2D eigenvalue weighted by molar-refractivity contribution is 5.42. The molecule has 1 N–H and O–H groups in total. The Morgan fingerprint density at radius 3 is 2.37 bits per heavy atom. The van der Waals surface area contributed by atoms with Crippen LogP contribution in [0.1, 0.15) is 65.2 Å². The Morgan fingerprint density at radius 1 is 0.867 bits per heavy atom. The van der Waals surface area contributed by atoms with Crippen molar-refractivity contribution >= 4 is 0 Å². The molecule has 0 amide bonds. The zero-order chi connectivity index (χ0) is 20.4. The molecule has 2 spiro atoms. The van der Waals surface area contributed by atoms with Gasteiger partial charge in [0.25, 0.3) is 0 Å². The molecule has 30 heavy (non-hydrogen) atoms. The molecule has 0 bridgehead atoms. The van der Waals surface area contributed by atoms with Crippen LogP contribution in [0.5, 0.6) is 0 Å². The molecule has 6 nitrogen and oxygen atoms in total. The number of rotatable bonds is 1. The molecular formula is C24H34O6. The minimum absolute atomic E-state index is 0.0818. The van der Waals surface area contributed by atoms with E-state index in [1.807, 2.05) is 6.92 Å². The lowest BCUT2D eigenvalue weighted by Gasteiger charge is -2.55. The maximum Gasteiger partial charge on any atom is 0.195 e. The largest absolute Gasteiger partial charge is 0.384 e. The summed E-state index contributed by atoms with van der Waals surface area (Å²) in [5, 5.41) is 12.1. The maximum atomic E-state index is 12.1. The van der Waals surface area contributed by atoms with E-state index in [1.54, 1.807) is 5.57 Å². The van der Waals surface area contributed by atoms with Crippen molar-refractivity contribution in [1.29, 1.82) is 0 Å². The van der Waals surface area contributed by atoms with Gasteiger partial charge in [-0.15, -0.1) is 0 Å². The third-order valence-corrected chi connectivity index (χ3v) is 10.3. The average molecular weight is 419 g/mol. The molecule has 0 radical (unpaired) electrons. The number of hydrogen-bond acceptors (Lipinski definition) is 6. The molecule has 0 aromatic heterocycles. The fraction of sp³-hybridized carbons (Fsp3) is 0.917. The van der Waals surface area contributed by atoms with Crippen LogP contribution in [0.3, 0.4) is 0 Å². The van der Waals surface area contributed by atoms with Crippen LogP contribution in [-0.4, -0.2) is 60.4 Å². The summed E-state index contributed by atoms with van der Waals surface area (Å²) < 4.78 is 30.7. The van der Waals surface area contributed by atoms with Crippen LogP contribution in [0.4, 0.5) is 0 Å². The highest BCUT2D eigenvalue weighted by Crippen LogP contribution is 2.74. The van der Waals surface area contributed by atoms with Gasteiger partial charge in [-0.3, -0.25) is 0 Å². The first-order valence-corrected chi connectivity index (χ1v) is 12.0. The van der Waals surface area contributed by atoms with Crippen LogP contribution >= 0.6 is 0 Å². The van der Waals surface area contributed by atoms with Gasteiger partial charge in [0.1, 0.15) is 11.2 Å². The molecule has 4 aliphatic carbocycles. The summed E-state index contributed by atoms with van der Waals surface area (Å²) in [6, 6.07) is 0. The Morgan fingerprint density at radius 2 is 1.60 bits per heavy atom. The molecule has 0 unspecified atom stereocenters. The fourth-order valence-electron chi connectivity index (χ4n) is 8.85. The van der Waals surface area contributed by atoms with Crippen LogP contribution in [0.15, 0.2) is 11.1 Å². The van der Waals surface area contributed by atoms with E-state index in [4.69, 9.17) is 23.7 Å². The average Bonchev–Trinajstić information content (AvgIpc) is 3.04. The monoisotopic (exact) mass is 418 g/mol. The summed E-state index contributed by atoms with van der Waals surface area (Å²) >= 11 is 0. The third-order valence-electron chi connectivity index (χ3n) is 10.3. The molecular weight excluding hydrogens is 384 g/mol. The molecule has 3 heterocycles. The Balaban J connectivity index is 1.24. The second-order valence-corrected chi connectivity index (χ2v) is 11.2. The quantitative estimate of drug-likeness (QED) is 0.521. The predicted octanol–water partition coefficient (Wildman–Crippen LogP) is 3.07. The number of ether oxygens (including phenoxy) is 5. The van der Waals surface area contributed by atoms with Gasteiger partial charge in [-0.1, -0.05) is 12.5 Å². The summed E-state index contributed by atoms with van der Waals surface area (Å²) in [6.45, 7) is 6.80. The Labute approximate surface area is 178 Å². The molecule has 0 aromatic carbocycles. The lowest BCUT2D eigenvalue weighted by Crippen LogP contribution is -2.64. The van der Waals surface area contributed by atoms with Gasteiger partial charge < -0.3 is 28.8 Å². The fourth-order valence-corrected chi connectivity index (χ4v) is 8.85. The van der Waals surface area contributed by atoms with E-state index >= 15 is 0 Å². The van der Waals surface area contributed by atoms with Gasteiger partial charge in [-0.05, 0) is 62.9 Å². The summed E-state index contributed by atoms with van der Waals surface area (Å²) in [4.78, 5) is 0. The van der Waals surface area contributed by atoms with Crippen LogP contribution in [0, 0.1) is 17.3 Å². The van der Waals surface area contributed by atoms with Crippen LogP contribution < -0.4 is 0 Å². The van der Waals surface area contributed by atoms with E-state index in [0.717, 1.165) is 64.6 Å². The predicted molar refractivity (Wildman–Crippen MR) is 107 cm³/mol. The SMILES string of the molecule is CC1([C@@]2(O)CC[C@H]3[C@@H]4CCC5=C(CCC6(C5)OCCO6)[C@]45O[C@@H]5C[C@@]32C)OCCO1. The smallest absolute Gasteiger partial charge is 0.195 e. The first kappa shape index (κ1) is 19.0. The van der Waals surface area contributed by atoms with Crippen molar-refractivity contribution in [3.63, 3.8) is 0 Å². The number of aliphatic hydroxyl groups is 1. The maximum absolute atomic E-state index is 12.1. The molecule has 5 fully saturated rings. The third kappa shape index (κ3) is 2.03. The van der Waals surface area contributed by atoms with Crippen molar-refractivity contribution in [1.82, 2.24) is 0 Å². The zero-order valence-corrected chi connectivity index (χ0v) is 18.2. The van der Waals surface area contributed by atoms with Crippen LogP contribution in [0.2, 0.25) is 0 Å². The van der Waals surface area contributed by atoms with Crippen LogP contribution in [0.25, 0.3) is 0 Å². The summed E-state index contributed by atoms with van der Waals surface area (Å²) in [5.41, 5.74) is 1.81. The second-order valence-electron chi connectivity index (χ2n) is 11.2. The molecule has 7 aliphatic rings. The van der Waals surface area contributed by atoms with Gasteiger partial charge in [0, 0.05) is 18.3 Å². The molecule has 3 aliphatic heterocycles. The van der Waals surface area contributed by atoms with Gasteiger partial charge in [0.2, 0.25) is 0 Å². The van der Waals surface area contributed by atoms with Gasteiger partial charge in [0.05, 0.1) is 32.5 Å². The summed E-state index contributed by atoms with van der Waals surface area (Å²) in [5.74, 6) is -0.345. The van der Waals surface area contributed by atoms with Gasteiger partial charge in [-0.2, -0.15) is 0 Å². The Bertz CT molecular complexity index is 811. The standard InChI is InChI=1S/C24H34O6/c1-20-14-19-24(30-19)16-5-7-22(28-11-12-29-22)13-15(16)3-4-18(24)17(20)6-8-23(20,25)21(2)26-9-10-27-21/h17-19,25H,3-14H2,1-2H3/t17-,18-,19+,20-,23+,24-/m0/s1. The lowest BCUT2D eigenvalue weighted by atomic mass is 9.51. The van der Waals surface area contributed by atoms with Crippen molar-refractivity contribution in [3.8, 4) is 0 Å². The van der Waals surface area contributed by atoms with E-state index < -0.39 is 11.4 Å². The van der Waals surface area contributed by atoms with Gasteiger partial charge >= 0.3 is 0 Å². The number of hydrogen-bond donors (Lipinski definition) is 1. The summed E-state index contributed by atoms with van der Waals surface area (Å²) in [7, 11) is 0. The first-order valence-electron chi connectivity index (χ1n) is 12.0. The lowest BCUT2D eigenvalue weighted by molar-refractivity contribution is -0.296. The van der Waals surface area contributed by atoms with Crippen LogP contribution in [-0.2, 0) is 23.7 Å². The van der Waals surface area contributed by atoms with E-state index in [2.05, 4.69) is 6.92 Å². The van der Waals surface area contributed by atoms with Crippen molar-refractivity contribution in [2.75, 3.05) is 26.4 Å². The number of fused-ring (bicyclic) bond motifs is 2. The topological polar surface area (TPSA) is 69.7 Å². The number of epoxide rings is 1. The molecule has 3 saturated heterocycles. The van der Waals surface area contributed by atoms with Gasteiger partial charge in [0.15, 0.2) is 11.6 Å². The van der Waals surface area contributed by atoms with Crippen molar-refractivity contribution in [2.24, 2.45) is 17.3 Å². The normalized spacial score (nSPS) is 52.7. The molecule has 0 aromatic rings. The van der Waals surface area contributed by atoms with E-state index in [-0.39, 0.29) is 22.9 Å².